The van der Waals surface area contributed by atoms with Gasteiger partial charge in [0.25, 0.3) is 0 Å². The third-order valence-corrected chi connectivity index (χ3v) is 6.18. The number of carbonyl (C=O) groups excluding carboxylic acids is 2. The lowest BCUT2D eigenvalue weighted by molar-refractivity contribution is -0.135. The molecule has 2 N–H and O–H groups in total. The van der Waals surface area contributed by atoms with E-state index in [1.807, 2.05) is 18.2 Å². The Morgan fingerprint density at radius 1 is 1.20 bits per heavy atom. The Hall–Kier alpha value is -4.05. The lowest BCUT2D eigenvalue weighted by atomic mass is 10.0. The van der Waals surface area contributed by atoms with E-state index >= 15 is 0 Å². The molecule has 0 saturated carbocycles. The van der Waals surface area contributed by atoms with Gasteiger partial charge in [0.05, 0.1) is 22.7 Å². The van der Waals surface area contributed by atoms with E-state index in [-0.39, 0.29) is 23.8 Å². The molecule has 1 fully saturated rings. The van der Waals surface area contributed by atoms with Gasteiger partial charge in [-0.3, -0.25) is 14.5 Å². The maximum atomic E-state index is 13.1. The second kappa shape index (κ2) is 8.95. The number of nitrogen functional groups attached to an aromatic ring is 1. The normalized spacial score (nSPS) is 16.0. The van der Waals surface area contributed by atoms with Crippen LogP contribution in [0.2, 0.25) is 5.02 Å². The summed E-state index contributed by atoms with van der Waals surface area (Å²) in [6.45, 7) is 0.505. The number of likely N-dealkylation sites (tertiary alicyclic amines) is 1. The lowest BCUT2D eigenvalue weighted by Gasteiger charge is -2.28. The third-order valence-electron chi connectivity index (χ3n) is 5.89. The van der Waals surface area contributed by atoms with Crippen LogP contribution in [-0.2, 0) is 16.6 Å². The molecule has 1 atom stereocenters. The summed E-state index contributed by atoms with van der Waals surface area (Å²) in [7, 11) is 3.50. The average Bonchev–Trinajstić information content (AvgIpc) is 3.27. The Bertz CT molecular complexity index is 1470. The molecule has 0 spiro atoms. The second-order valence-corrected chi connectivity index (χ2v) is 8.81. The summed E-state index contributed by atoms with van der Waals surface area (Å²) in [5.74, 6) is -0.911. The van der Waals surface area contributed by atoms with Crippen molar-refractivity contribution >= 4 is 40.2 Å². The van der Waals surface area contributed by atoms with Crippen molar-refractivity contribution in [2.24, 2.45) is 7.05 Å². The average molecular weight is 492 g/mol. The minimum atomic E-state index is -0.736. The number of carbonyl (C=O) groups is 2. The summed E-state index contributed by atoms with van der Waals surface area (Å²) in [6.07, 6.45) is 3.54. The highest BCUT2D eigenvalue weighted by Crippen LogP contribution is 2.34. The fraction of sp³-hybridized carbons (Fsp3) is 0.250. The predicted octanol–water partition coefficient (Wildman–Crippen LogP) is 3.11. The van der Waals surface area contributed by atoms with Crippen LogP contribution >= 0.6 is 11.6 Å². The lowest BCUT2D eigenvalue weighted by Crippen LogP contribution is -2.39. The molecule has 4 heterocycles. The van der Waals surface area contributed by atoms with Crippen molar-refractivity contribution in [2.45, 2.75) is 18.9 Å². The van der Waals surface area contributed by atoms with E-state index in [1.54, 1.807) is 48.2 Å². The molecule has 1 unspecified atom stereocenters. The number of piperidine rings is 1. The largest absolute Gasteiger partial charge is 0.457 e. The van der Waals surface area contributed by atoms with Crippen molar-refractivity contribution in [2.75, 3.05) is 19.3 Å². The zero-order chi connectivity index (χ0) is 24.7. The number of hydrogen-bond donors (Lipinski definition) is 1. The highest BCUT2D eigenvalue weighted by Gasteiger charge is 2.29. The molecule has 4 aromatic rings. The van der Waals surface area contributed by atoms with Crippen molar-refractivity contribution in [3.63, 3.8) is 0 Å². The summed E-state index contributed by atoms with van der Waals surface area (Å²) in [5.41, 5.74) is 8.60. The van der Waals surface area contributed by atoms with E-state index in [0.717, 1.165) is 5.39 Å². The molecule has 1 amide bonds. The van der Waals surface area contributed by atoms with Gasteiger partial charge >= 0.3 is 5.97 Å². The molecule has 0 bridgehead atoms. The van der Waals surface area contributed by atoms with Gasteiger partial charge in [-0.2, -0.15) is 5.10 Å². The molecule has 3 aromatic heterocycles. The molecule has 5 rings (SSSR count). The molecule has 0 aliphatic carbocycles. The molecular formula is C24H22ClN7O3. The van der Waals surface area contributed by atoms with E-state index in [0.29, 0.717) is 46.2 Å². The predicted molar refractivity (Wildman–Crippen MR) is 130 cm³/mol. The van der Waals surface area contributed by atoms with Crippen LogP contribution in [0.25, 0.3) is 33.5 Å². The van der Waals surface area contributed by atoms with Gasteiger partial charge in [-0.25, -0.2) is 14.8 Å². The van der Waals surface area contributed by atoms with Gasteiger partial charge in [0.1, 0.15) is 17.5 Å². The summed E-state index contributed by atoms with van der Waals surface area (Å²) in [5, 5.41) is 5.66. The van der Waals surface area contributed by atoms with Gasteiger partial charge in [0.15, 0.2) is 11.5 Å². The molecule has 1 aliphatic heterocycles. The summed E-state index contributed by atoms with van der Waals surface area (Å²) < 4.78 is 7.22. The number of hydrogen-bond acceptors (Lipinski definition) is 8. The van der Waals surface area contributed by atoms with Crippen LogP contribution in [0.4, 0.5) is 5.82 Å². The number of fused-ring (bicyclic) bond motifs is 1. The maximum Gasteiger partial charge on any atom is 0.361 e. The van der Waals surface area contributed by atoms with E-state index in [1.165, 1.54) is 0 Å². The van der Waals surface area contributed by atoms with Crippen molar-refractivity contribution in [3.8, 4) is 22.6 Å². The van der Waals surface area contributed by atoms with Crippen LogP contribution < -0.4 is 5.73 Å². The summed E-state index contributed by atoms with van der Waals surface area (Å²) in [6, 6.07) is 9.05. The number of nitrogens with zero attached hydrogens (tertiary/aromatic N) is 6. The second-order valence-electron chi connectivity index (χ2n) is 8.40. The first kappa shape index (κ1) is 22.7. The minimum Gasteiger partial charge on any atom is -0.457 e. The Morgan fingerprint density at radius 3 is 2.77 bits per heavy atom. The number of aryl methyl sites for hydroxylation is 1. The zero-order valence-corrected chi connectivity index (χ0v) is 19.9. The smallest absolute Gasteiger partial charge is 0.361 e. The standard InChI is InChI=1S/C24H22ClN7O3/c1-31-8-5-15(12-18(31)33)35-24(34)22-23(26)29-21(17-6-9-32(2)30-17)20(28-22)14-10-13-4-3-7-27-19(13)16(25)11-14/h3-4,6-7,9-11,15H,5,8,12H2,1-2H3,(H2,26,29). The van der Waals surface area contributed by atoms with Gasteiger partial charge in [-0.15, -0.1) is 0 Å². The van der Waals surface area contributed by atoms with Crippen LogP contribution in [-0.4, -0.2) is 61.2 Å². The molecule has 0 radical (unpaired) electrons. The summed E-state index contributed by atoms with van der Waals surface area (Å²) >= 11 is 6.52. The number of amides is 1. The molecule has 1 aliphatic rings. The van der Waals surface area contributed by atoms with E-state index < -0.39 is 12.1 Å². The highest BCUT2D eigenvalue weighted by molar-refractivity contribution is 6.35. The van der Waals surface area contributed by atoms with Gasteiger partial charge in [0.2, 0.25) is 5.91 Å². The molecule has 11 heteroatoms. The fourth-order valence-electron chi connectivity index (χ4n) is 4.03. The molecule has 35 heavy (non-hydrogen) atoms. The topological polar surface area (TPSA) is 129 Å². The first-order valence-corrected chi connectivity index (χ1v) is 11.3. The van der Waals surface area contributed by atoms with Crippen LogP contribution in [0.15, 0.2) is 42.7 Å². The Labute approximate surface area is 205 Å². The Balaban J connectivity index is 1.60. The van der Waals surface area contributed by atoms with Gasteiger partial charge < -0.3 is 15.4 Å². The van der Waals surface area contributed by atoms with Crippen molar-refractivity contribution in [1.29, 1.82) is 0 Å². The number of ether oxygens (including phenoxy) is 1. The Kier molecular flexibility index (Phi) is 5.81. The first-order chi connectivity index (χ1) is 16.8. The number of nitrogens with two attached hydrogens (primary N) is 1. The van der Waals surface area contributed by atoms with E-state index in [4.69, 9.17) is 22.1 Å². The third kappa shape index (κ3) is 4.40. The Morgan fingerprint density at radius 2 is 2.03 bits per heavy atom. The van der Waals surface area contributed by atoms with Crippen LogP contribution in [0.5, 0.6) is 0 Å². The van der Waals surface area contributed by atoms with E-state index in [9.17, 15) is 9.59 Å². The monoisotopic (exact) mass is 491 g/mol. The number of anilines is 1. The molecule has 1 saturated heterocycles. The quantitative estimate of drug-likeness (QED) is 0.431. The summed E-state index contributed by atoms with van der Waals surface area (Å²) in [4.78, 5) is 40.1. The number of halogens is 1. The van der Waals surface area contributed by atoms with Crippen LogP contribution in [0, 0.1) is 0 Å². The SMILES string of the molecule is CN1CCC(OC(=O)c2nc(-c3cc(Cl)c4ncccc4c3)c(-c3ccn(C)n3)nc2N)CC1=O. The molecule has 10 nitrogen and oxygen atoms in total. The van der Waals surface area contributed by atoms with Crippen LogP contribution in [0.3, 0.4) is 0 Å². The number of rotatable bonds is 4. The first-order valence-electron chi connectivity index (χ1n) is 11.0. The van der Waals surface area contributed by atoms with Crippen molar-refractivity contribution < 1.29 is 14.3 Å². The molecular weight excluding hydrogens is 470 g/mol. The highest BCUT2D eigenvalue weighted by atomic mass is 35.5. The fourth-order valence-corrected chi connectivity index (χ4v) is 4.30. The van der Waals surface area contributed by atoms with Crippen molar-refractivity contribution in [3.05, 3.63) is 53.4 Å². The van der Waals surface area contributed by atoms with Crippen molar-refractivity contribution in [1.82, 2.24) is 29.6 Å². The van der Waals surface area contributed by atoms with Crippen LogP contribution in [0.1, 0.15) is 23.3 Å². The minimum absolute atomic E-state index is 0.0845. The van der Waals surface area contributed by atoms with E-state index in [2.05, 4.69) is 20.1 Å². The zero-order valence-electron chi connectivity index (χ0n) is 19.1. The van der Waals surface area contributed by atoms with Gasteiger partial charge in [0, 0.05) is 50.4 Å². The van der Waals surface area contributed by atoms with Gasteiger partial charge in [-0.05, 0) is 24.3 Å². The molecule has 178 valence electrons. The number of pyridine rings is 1. The maximum absolute atomic E-state index is 13.1. The number of aromatic nitrogens is 5. The molecule has 1 aromatic carbocycles. The number of benzene rings is 1. The van der Waals surface area contributed by atoms with Gasteiger partial charge in [-0.1, -0.05) is 17.7 Å². The number of esters is 1.